The zero-order valence-electron chi connectivity index (χ0n) is 8.43. The molecule has 0 aliphatic carbocycles. The predicted octanol–water partition coefficient (Wildman–Crippen LogP) is 5.13. The maximum absolute atomic E-state index is 6.19. The van der Waals surface area contributed by atoms with Crippen molar-refractivity contribution in [3.05, 3.63) is 39.3 Å². The molecule has 0 bridgehead atoms. The Hall–Kier alpha value is -1.09. The highest BCUT2D eigenvalue weighted by Crippen LogP contribution is 2.45. The third-order valence-corrected chi connectivity index (χ3v) is 3.92. The van der Waals surface area contributed by atoms with Gasteiger partial charge in [0.2, 0.25) is 0 Å². The molecule has 3 rings (SSSR count). The van der Waals surface area contributed by atoms with Crippen LogP contribution in [-0.4, -0.2) is 0 Å². The van der Waals surface area contributed by atoms with Crippen LogP contribution in [0.1, 0.15) is 0 Å². The summed E-state index contributed by atoms with van der Waals surface area (Å²) >= 11 is 18.3. The van der Waals surface area contributed by atoms with E-state index in [1.165, 1.54) is 0 Å². The molecule has 2 N–H and O–H groups in total. The molecule has 2 nitrogen and oxygen atoms in total. The molecule has 3 aromatic rings. The number of halogens is 3. The first-order valence-corrected chi connectivity index (χ1v) is 5.98. The minimum absolute atomic E-state index is 0.241. The van der Waals surface area contributed by atoms with Crippen molar-refractivity contribution in [1.29, 1.82) is 0 Å². The summed E-state index contributed by atoms with van der Waals surface area (Å²) < 4.78 is 5.64. The molecular formula is C12H6Cl3NO. The highest BCUT2D eigenvalue weighted by Gasteiger charge is 2.19. The van der Waals surface area contributed by atoms with E-state index in [1.807, 2.05) is 24.3 Å². The molecule has 17 heavy (non-hydrogen) atoms. The topological polar surface area (TPSA) is 39.2 Å². The fourth-order valence-corrected chi connectivity index (χ4v) is 2.62. The van der Waals surface area contributed by atoms with Crippen LogP contribution in [0, 0.1) is 0 Å². The second-order valence-electron chi connectivity index (χ2n) is 3.66. The minimum Gasteiger partial charge on any atom is -0.454 e. The van der Waals surface area contributed by atoms with Gasteiger partial charge < -0.3 is 10.2 Å². The third-order valence-electron chi connectivity index (χ3n) is 2.68. The van der Waals surface area contributed by atoms with Crippen LogP contribution in [0.5, 0.6) is 0 Å². The molecule has 0 unspecified atom stereocenters. The van der Waals surface area contributed by atoms with E-state index in [1.54, 1.807) is 0 Å². The third kappa shape index (κ3) is 1.41. The largest absolute Gasteiger partial charge is 0.454 e. The summed E-state index contributed by atoms with van der Waals surface area (Å²) in [7, 11) is 0. The van der Waals surface area contributed by atoms with Crippen LogP contribution in [0.15, 0.2) is 28.7 Å². The van der Waals surface area contributed by atoms with Crippen molar-refractivity contribution in [3.8, 4) is 0 Å². The Balaban J connectivity index is 2.67. The molecule has 0 aliphatic rings. The van der Waals surface area contributed by atoms with Crippen LogP contribution in [0.25, 0.3) is 21.9 Å². The number of hydrogen-bond acceptors (Lipinski definition) is 2. The summed E-state index contributed by atoms with van der Waals surface area (Å²) in [5, 5.41) is 2.50. The van der Waals surface area contributed by atoms with E-state index in [4.69, 9.17) is 45.0 Å². The van der Waals surface area contributed by atoms with E-state index >= 15 is 0 Å². The van der Waals surface area contributed by atoms with Gasteiger partial charge in [0.1, 0.15) is 10.6 Å². The monoisotopic (exact) mass is 285 g/mol. The summed E-state index contributed by atoms with van der Waals surface area (Å²) in [6, 6.07) is 7.51. The Bertz CT molecular complexity index is 748. The lowest BCUT2D eigenvalue weighted by Gasteiger charge is -2.04. The molecular weight excluding hydrogens is 280 g/mol. The van der Waals surface area contributed by atoms with Gasteiger partial charge >= 0.3 is 0 Å². The standard InChI is InChI=1S/C12H6Cl3NO/c13-8-7-5-3-1-2-4-6(5)17-12(7)10(15)11(16)9(8)14/h1-4H,16H2. The lowest BCUT2D eigenvalue weighted by Crippen LogP contribution is -1.89. The fraction of sp³-hybridized carbons (Fsp3) is 0. The van der Waals surface area contributed by atoms with Crippen LogP contribution in [0.3, 0.4) is 0 Å². The molecule has 0 saturated heterocycles. The Kier molecular flexibility index (Phi) is 2.40. The van der Waals surface area contributed by atoms with Gasteiger partial charge in [0, 0.05) is 5.39 Å². The number of nitrogen functional groups attached to an aromatic ring is 1. The van der Waals surface area contributed by atoms with Crippen molar-refractivity contribution in [2.45, 2.75) is 0 Å². The van der Waals surface area contributed by atoms with Gasteiger partial charge in [-0.3, -0.25) is 0 Å². The first-order chi connectivity index (χ1) is 8.11. The van der Waals surface area contributed by atoms with E-state index in [0.717, 1.165) is 5.39 Å². The van der Waals surface area contributed by atoms with E-state index < -0.39 is 0 Å². The molecule has 5 heteroatoms. The quantitative estimate of drug-likeness (QED) is 0.460. The maximum atomic E-state index is 6.19. The van der Waals surface area contributed by atoms with Crippen molar-refractivity contribution in [2.75, 3.05) is 5.73 Å². The molecule has 0 aliphatic heterocycles. The summed E-state index contributed by atoms with van der Waals surface area (Å²) in [6.07, 6.45) is 0. The average molecular weight is 287 g/mol. The second kappa shape index (κ2) is 3.70. The number of benzene rings is 2. The maximum Gasteiger partial charge on any atom is 0.157 e. The SMILES string of the molecule is Nc1c(Cl)c(Cl)c2c(oc3ccccc32)c1Cl. The fourth-order valence-electron chi connectivity index (χ4n) is 1.86. The van der Waals surface area contributed by atoms with Crippen LogP contribution in [-0.2, 0) is 0 Å². The van der Waals surface area contributed by atoms with Crippen molar-refractivity contribution in [2.24, 2.45) is 0 Å². The van der Waals surface area contributed by atoms with Crippen LogP contribution in [0.2, 0.25) is 15.1 Å². The van der Waals surface area contributed by atoms with E-state index in [2.05, 4.69) is 0 Å². The summed E-state index contributed by atoms with van der Waals surface area (Å²) in [6.45, 7) is 0. The molecule has 0 atom stereocenters. The molecule has 0 fully saturated rings. The van der Waals surface area contributed by atoms with Gasteiger partial charge in [-0.1, -0.05) is 53.0 Å². The van der Waals surface area contributed by atoms with Gasteiger partial charge in [0.15, 0.2) is 5.58 Å². The van der Waals surface area contributed by atoms with Gasteiger partial charge in [-0.05, 0) is 6.07 Å². The Morgan fingerprint density at radius 2 is 1.65 bits per heavy atom. The first kappa shape index (κ1) is 11.0. The van der Waals surface area contributed by atoms with Crippen molar-refractivity contribution in [3.63, 3.8) is 0 Å². The lowest BCUT2D eigenvalue weighted by molar-refractivity contribution is 0.669. The van der Waals surface area contributed by atoms with Crippen LogP contribution >= 0.6 is 34.8 Å². The van der Waals surface area contributed by atoms with Gasteiger partial charge in [-0.2, -0.15) is 0 Å². The Morgan fingerprint density at radius 3 is 2.41 bits per heavy atom. The van der Waals surface area contributed by atoms with E-state index in [-0.39, 0.29) is 10.7 Å². The molecule has 0 amide bonds. The number of fused-ring (bicyclic) bond motifs is 3. The molecule has 2 aromatic carbocycles. The van der Waals surface area contributed by atoms with Gasteiger partial charge in [-0.25, -0.2) is 0 Å². The molecule has 0 radical (unpaired) electrons. The number of hydrogen-bond donors (Lipinski definition) is 1. The van der Waals surface area contributed by atoms with Crippen molar-refractivity contribution < 1.29 is 4.42 Å². The predicted molar refractivity (Wildman–Crippen MR) is 73.2 cm³/mol. The zero-order valence-corrected chi connectivity index (χ0v) is 10.7. The van der Waals surface area contributed by atoms with E-state index in [0.29, 0.717) is 26.6 Å². The summed E-state index contributed by atoms with van der Waals surface area (Å²) in [4.78, 5) is 0. The first-order valence-electron chi connectivity index (χ1n) is 4.84. The molecule has 0 spiro atoms. The highest BCUT2D eigenvalue weighted by atomic mass is 35.5. The van der Waals surface area contributed by atoms with Crippen molar-refractivity contribution in [1.82, 2.24) is 0 Å². The van der Waals surface area contributed by atoms with Crippen molar-refractivity contribution >= 4 is 62.4 Å². The zero-order chi connectivity index (χ0) is 12.2. The van der Waals surface area contributed by atoms with Gasteiger partial charge in [0.05, 0.1) is 21.1 Å². The molecule has 1 aromatic heterocycles. The number of rotatable bonds is 0. The minimum atomic E-state index is 0.241. The number of anilines is 1. The van der Waals surface area contributed by atoms with E-state index in [9.17, 15) is 0 Å². The molecule has 1 heterocycles. The molecule has 0 saturated carbocycles. The summed E-state index contributed by atoms with van der Waals surface area (Å²) in [5.74, 6) is 0. The Morgan fingerprint density at radius 1 is 0.941 bits per heavy atom. The second-order valence-corrected chi connectivity index (χ2v) is 4.79. The van der Waals surface area contributed by atoms with Gasteiger partial charge in [-0.15, -0.1) is 0 Å². The van der Waals surface area contributed by atoms with Gasteiger partial charge in [0.25, 0.3) is 0 Å². The number of furan rings is 1. The lowest BCUT2D eigenvalue weighted by atomic mass is 10.1. The smallest absolute Gasteiger partial charge is 0.157 e. The number of nitrogens with two attached hydrogens (primary N) is 1. The molecule has 86 valence electrons. The normalized spacial score (nSPS) is 11.5. The highest BCUT2D eigenvalue weighted by molar-refractivity contribution is 6.51. The number of para-hydroxylation sites is 1. The average Bonchev–Trinajstić information content (AvgIpc) is 2.73. The van der Waals surface area contributed by atoms with Crippen LogP contribution in [0.4, 0.5) is 5.69 Å². The van der Waals surface area contributed by atoms with Crippen LogP contribution < -0.4 is 5.73 Å². The summed E-state index contributed by atoms with van der Waals surface area (Å²) in [5.41, 5.74) is 7.18. The Labute approximate surface area is 112 Å².